The van der Waals surface area contributed by atoms with Crippen LogP contribution in [-0.4, -0.2) is 10.1 Å². The average molecular weight is 333 g/mol. The van der Waals surface area contributed by atoms with Crippen molar-refractivity contribution in [1.82, 2.24) is 10.1 Å². The Hall–Kier alpha value is -2.83. The highest BCUT2D eigenvalue weighted by molar-refractivity contribution is 5.54. The molecule has 7 heteroatoms. The first-order chi connectivity index (χ1) is 11.4. The summed E-state index contributed by atoms with van der Waals surface area (Å²) in [5, 5.41) is 6.73. The molecule has 0 saturated carbocycles. The van der Waals surface area contributed by atoms with Crippen molar-refractivity contribution in [1.29, 1.82) is 0 Å². The molecule has 0 atom stereocenters. The van der Waals surface area contributed by atoms with Gasteiger partial charge in [0.15, 0.2) is 0 Å². The van der Waals surface area contributed by atoms with Crippen LogP contribution in [0.15, 0.2) is 53.1 Å². The fourth-order valence-electron chi connectivity index (χ4n) is 2.25. The monoisotopic (exact) mass is 333 g/mol. The number of nitrogens with one attached hydrogen (secondary N) is 1. The van der Waals surface area contributed by atoms with Crippen molar-refractivity contribution in [2.24, 2.45) is 0 Å². The van der Waals surface area contributed by atoms with E-state index in [0.717, 1.165) is 11.6 Å². The summed E-state index contributed by atoms with van der Waals surface area (Å²) in [6.07, 6.45) is -4.38. The molecule has 0 aliphatic rings. The molecule has 3 rings (SSSR count). The summed E-state index contributed by atoms with van der Waals surface area (Å²) in [5.74, 6) is 0.732. The molecule has 1 N–H and O–H groups in total. The van der Waals surface area contributed by atoms with Gasteiger partial charge in [-0.3, -0.25) is 0 Å². The zero-order valence-electron chi connectivity index (χ0n) is 12.8. The zero-order valence-corrected chi connectivity index (χ0v) is 12.8. The molecule has 1 aromatic heterocycles. The van der Waals surface area contributed by atoms with E-state index in [4.69, 9.17) is 4.52 Å². The van der Waals surface area contributed by atoms with E-state index in [1.54, 1.807) is 6.07 Å². The lowest BCUT2D eigenvalue weighted by molar-refractivity contribution is -0.138. The Balaban J connectivity index is 1.72. The van der Waals surface area contributed by atoms with Gasteiger partial charge in [0, 0.05) is 11.3 Å². The maximum Gasteiger partial charge on any atom is 0.416 e. The number of alkyl halides is 3. The van der Waals surface area contributed by atoms with Crippen LogP contribution in [0.5, 0.6) is 0 Å². The van der Waals surface area contributed by atoms with E-state index in [2.05, 4.69) is 15.5 Å². The second kappa shape index (κ2) is 6.35. The fourth-order valence-corrected chi connectivity index (χ4v) is 2.25. The van der Waals surface area contributed by atoms with Gasteiger partial charge in [-0.05, 0) is 24.6 Å². The summed E-state index contributed by atoms with van der Waals surface area (Å²) in [4.78, 5) is 4.22. The molecule has 0 aliphatic carbocycles. The second-order valence-electron chi connectivity index (χ2n) is 5.26. The zero-order chi connectivity index (χ0) is 17.2. The van der Waals surface area contributed by atoms with Crippen LogP contribution < -0.4 is 5.32 Å². The predicted molar refractivity (Wildman–Crippen MR) is 83.2 cm³/mol. The molecule has 124 valence electrons. The van der Waals surface area contributed by atoms with Gasteiger partial charge in [0.2, 0.25) is 11.7 Å². The highest BCUT2D eigenvalue weighted by Crippen LogP contribution is 2.33. The Morgan fingerprint density at radius 2 is 1.83 bits per heavy atom. The molecule has 0 aliphatic heterocycles. The molecule has 1 heterocycles. The summed E-state index contributed by atoms with van der Waals surface area (Å²) in [6, 6.07) is 13.4. The van der Waals surface area contributed by atoms with E-state index in [1.165, 1.54) is 13.0 Å². The normalized spacial score (nSPS) is 11.5. The standard InChI is InChI=1S/C17H14F3N3O/c1-11-7-8-13(9-14(11)17(18,19)20)21-10-15-22-16(23-24-15)12-5-3-2-4-6-12/h2-9,21H,10H2,1H3. The van der Waals surface area contributed by atoms with Crippen molar-refractivity contribution in [3.05, 3.63) is 65.5 Å². The van der Waals surface area contributed by atoms with E-state index in [1.807, 2.05) is 30.3 Å². The van der Waals surface area contributed by atoms with Crippen molar-refractivity contribution in [3.63, 3.8) is 0 Å². The molecule has 3 aromatic rings. The summed E-state index contributed by atoms with van der Waals surface area (Å²) >= 11 is 0. The molecule has 0 spiro atoms. The van der Waals surface area contributed by atoms with Crippen LogP contribution in [0.4, 0.5) is 18.9 Å². The van der Waals surface area contributed by atoms with Crippen LogP contribution in [0.25, 0.3) is 11.4 Å². The van der Waals surface area contributed by atoms with Gasteiger partial charge in [0.25, 0.3) is 0 Å². The molecule has 0 saturated heterocycles. The minimum atomic E-state index is -4.38. The highest BCUT2D eigenvalue weighted by atomic mass is 19.4. The number of hydrogen-bond donors (Lipinski definition) is 1. The third kappa shape index (κ3) is 3.56. The lowest BCUT2D eigenvalue weighted by Crippen LogP contribution is -2.09. The summed E-state index contributed by atoms with van der Waals surface area (Å²) < 4.78 is 43.9. The van der Waals surface area contributed by atoms with Gasteiger partial charge in [-0.25, -0.2) is 0 Å². The van der Waals surface area contributed by atoms with Gasteiger partial charge in [0.1, 0.15) is 0 Å². The van der Waals surface area contributed by atoms with Crippen molar-refractivity contribution in [2.45, 2.75) is 19.6 Å². The largest absolute Gasteiger partial charge is 0.416 e. The first-order valence-electron chi connectivity index (χ1n) is 7.23. The number of nitrogens with zero attached hydrogens (tertiary/aromatic N) is 2. The summed E-state index contributed by atoms with van der Waals surface area (Å²) in [5.41, 5.74) is 0.662. The van der Waals surface area contributed by atoms with Crippen molar-refractivity contribution < 1.29 is 17.7 Å². The maximum absolute atomic E-state index is 12.9. The van der Waals surface area contributed by atoms with Crippen molar-refractivity contribution in [2.75, 3.05) is 5.32 Å². The first kappa shape index (κ1) is 16.0. The minimum Gasteiger partial charge on any atom is -0.376 e. The first-order valence-corrected chi connectivity index (χ1v) is 7.23. The SMILES string of the molecule is Cc1ccc(NCc2nc(-c3ccccc3)no2)cc1C(F)(F)F. The molecular weight excluding hydrogens is 319 g/mol. The number of rotatable bonds is 4. The van der Waals surface area contributed by atoms with E-state index in [0.29, 0.717) is 17.4 Å². The third-order valence-corrected chi connectivity index (χ3v) is 3.49. The van der Waals surface area contributed by atoms with Crippen LogP contribution >= 0.6 is 0 Å². The molecule has 24 heavy (non-hydrogen) atoms. The number of halogens is 3. The molecule has 0 amide bonds. The Morgan fingerprint density at radius 3 is 2.54 bits per heavy atom. The third-order valence-electron chi connectivity index (χ3n) is 3.49. The van der Waals surface area contributed by atoms with Crippen LogP contribution in [0.3, 0.4) is 0 Å². The summed E-state index contributed by atoms with van der Waals surface area (Å²) in [6.45, 7) is 1.57. The number of anilines is 1. The topological polar surface area (TPSA) is 51.0 Å². The number of aryl methyl sites for hydroxylation is 1. The van der Waals surface area contributed by atoms with E-state index < -0.39 is 11.7 Å². The summed E-state index contributed by atoms with van der Waals surface area (Å²) in [7, 11) is 0. The number of aromatic nitrogens is 2. The smallest absolute Gasteiger partial charge is 0.376 e. The lowest BCUT2D eigenvalue weighted by atomic mass is 10.1. The quantitative estimate of drug-likeness (QED) is 0.753. The Bertz CT molecular complexity index is 829. The Labute approximate surface area is 136 Å². The van der Waals surface area contributed by atoms with Crippen molar-refractivity contribution >= 4 is 5.69 Å². The van der Waals surface area contributed by atoms with Gasteiger partial charge in [-0.1, -0.05) is 41.6 Å². The molecule has 0 unspecified atom stereocenters. The van der Waals surface area contributed by atoms with Gasteiger partial charge in [-0.15, -0.1) is 0 Å². The maximum atomic E-state index is 12.9. The average Bonchev–Trinajstić information content (AvgIpc) is 3.03. The lowest BCUT2D eigenvalue weighted by Gasteiger charge is -2.12. The van der Waals surface area contributed by atoms with Crippen LogP contribution in [0, 0.1) is 6.92 Å². The van der Waals surface area contributed by atoms with E-state index in [9.17, 15) is 13.2 Å². The predicted octanol–water partition coefficient (Wildman–Crippen LogP) is 4.68. The Kier molecular flexibility index (Phi) is 4.24. The second-order valence-corrected chi connectivity index (χ2v) is 5.26. The number of hydrogen-bond acceptors (Lipinski definition) is 4. The Morgan fingerprint density at radius 1 is 1.08 bits per heavy atom. The minimum absolute atomic E-state index is 0.139. The highest BCUT2D eigenvalue weighted by Gasteiger charge is 2.32. The van der Waals surface area contributed by atoms with Gasteiger partial charge in [0.05, 0.1) is 12.1 Å². The molecule has 0 fully saturated rings. The fraction of sp³-hybridized carbons (Fsp3) is 0.176. The molecule has 2 aromatic carbocycles. The van der Waals surface area contributed by atoms with Gasteiger partial charge >= 0.3 is 6.18 Å². The van der Waals surface area contributed by atoms with E-state index in [-0.39, 0.29) is 12.1 Å². The molecule has 4 nitrogen and oxygen atoms in total. The van der Waals surface area contributed by atoms with Crippen LogP contribution in [0.2, 0.25) is 0 Å². The van der Waals surface area contributed by atoms with Crippen molar-refractivity contribution in [3.8, 4) is 11.4 Å². The van der Waals surface area contributed by atoms with Crippen LogP contribution in [-0.2, 0) is 12.7 Å². The molecule has 0 radical (unpaired) electrons. The molecule has 0 bridgehead atoms. The van der Waals surface area contributed by atoms with Gasteiger partial charge < -0.3 is 9.84 Å². The molecular formula is C17H14F3N3O. The van der Waals surface area contributed by atoms with Crippen LogP contribution in [0.1, 0.15) is 17.0 Å². The number of benzene rings is 2. The van der Waals surface area contributed by atoms with E-state index >= 15 is 0 Å². The van der Waals surface area contributed by atoms with Gasteiger partial charge in [-0.2, -0.15) is 18.2 Å².